The summed E-state index contributed by atoms with van der Waals surface area (Å²) >= 11 is 0. The van der Waals surface area contributed by atoms with Crippen LogP contribution in [0, 0.1) is 5.92 Å². The number of hydrogen-bond donors (Lipinski definition) is 0. The van der Waals surface area contributed by atoms with E-state index in [0.29, 0.717) is 37.5 Å². The fraction of sp³-hybridized carbons (Fsp3) is 0.586. The summed E-state index contributed by atoms with van der Waals surface area (Å²) < 4.78 is 41.3. The van der Waals surface area contributed by atoms with Crippen molar-refractivity contribution in [2.24, 2.45) is 5.92 Å². The Morgan fingerprint density at radius 3 is 2.46 bits per heavy atom. The third kappa shape index (κ3) is 8.64. The highest BCUT2D eigenvalue weighted by atomic mass is 19.4. The lowest BCUT2D eigenvalue weighted by molar-refractivity contribution is -0.141. The molecule has 204 valence electrons. The second-order valence-electron chi connectivity index (χ2n) is 10.1. The van der Waals surface area contributed by atoms with Crippen LogP contribution in [0.15, 0.2) is 42.6 Å². The van der Waals surface area contributed by atoms with Crippen molar-refractivity contribution in [1.82, 2.24) is 14.4 Å². The van der Waals surface area contributed by atoms with Crippen molar-refractivity contribution in [3.05, 3.63) is 59.4 Å². The zero-order chi connectivity index (χ0) is 26.8. The Morgan fingerprint density at radius 2 is 1.78 bits per heavy atom. The molecule has 1 aliphatic rings. The van der Waals surface area contributed by atoms with Crippen LogP contribution < -0.4 is 0 Å². The summed E-state index contributed by atoms with van der Waals surface area (Å²) in [6, 6.07) is 9.07. The maximum Gasteiger partial charge on any atom is 0.416 e. The summed E-state index contributed by atoms with van der Waals surface area (Å²) in [5, 5.41) is 0. The summed E-state index contributed by atoms with van der Waals surface area (Å²) in [4.78, 5) is 29.6. The Hall–Kier alpha value is -2.77. The van der Waals surface area contributed by atoms with Gasteiger partial charge in [-0.15, -0.1) is 0 Å². The summed E-state index contributed by atoms with van der Waals surface area (Å²) in [6.45, 7) is 5.70. The van der Waals surface area contributed by atoms with Crippen LogP contribution in [0.2, 0.25) is 0 Å². The van der Waals surface area contributed by atoms with E-state index in [2.05, 4.69) is 6.92 Å². The van der Waals surface area contributed by atoms with Gasteiger partial charge in [0.2, 0.25) is 11.8 Å². The van der Waals surface area contributed by atoms with Gasteiger partial charge >= 0.3 is 6.18 Å². The van der Waals surface area contributed by atoms with Crippen LogP contribution >= 0.6 is 0 Å². The van der Waals surface area contributed by atoms with Crippen molar-refractivity contribution in [1.29, 1.82) is 0 Å². The van der Waals surface area contributed by atoms with E-state index in [0.717, 1.165) is 31.0 Å². The van der Waals surface area contributed by atoms with Crippen LogP contribution in [0.1, 0.15) is 82.0 Å². The molecule has 1 fully saturated rings. The minimum absolute atomic E-state index is 0.0334. The van der Waals surface area contributed by atoms with Crippen LogP contribution in [0.5, 0.6) is 0 Å². The standard InChI is InChI=1S/C29H40F3N3O2/c1-3-5-17-35(28(37)22-33(4-2)27(36)16-15-23-10-6-7-11-23)21-26-14-9-18-34(26)20-24-12-8-13-25(19-24)29(30,31)32/h8-9,12-14,18-19,23H,3-7,10-11,15-17,20-22H2,1-2H3. The Labute approximate surface area is 218 Å². The lowest BCUT2D eigenvalue weighted by atomic mass is 10.0. The molecular weight excluding hydrogens is 479 g/mol. The van der Waals surface area contributed by atoms with Crippen molar-refractivity contribution in [3.8, 4) is 0 Å². The molecular formula is C29H40F3N3O2. The molecule has 1 heterocycles. The molecule has 0 N–H and O–H groups in total. The van der Waals surface area contributed by atoms with E-state index in [-0.39, 0.29) is 24.9 Å². The zero-order valence-electron chi connectivity index (χ0n) is 22.1. The molecule has 3 rings (SSSR count). The molecule has 0 radical (unpaired) electrons. The van der Waals surface area contributed by atoms with Gasteiger partial charge in [0.1, 0.15) is 0 Å². The van der Waals surface area contributed by atoms with Crippen LogP contribution in [-0.2, 0) is 28.9 Å². The number of likely N-dealkylation sites (N-methyl/N-ethyl adjacent to an activating group) is 1. The fourth-order valence-corrected chi connectivity index (χ4v) is 5.05. The molecule has 0 unspecified atom stereocenters. The first-order chi connectivity index (χ1) is 17.7. The first-order valence-electron chi connectivity index (χ1n) is 13.6. The average molecular weight is 520 g/mol. The number of rotatable bonds is 13. The van der Waals surface area contributed by atoms with Crippen molar-refractivity contribution in [3.63, 3.8) is 0 Å². The Bertz CT molecular complexity index is 1010. The highest BCUT2D eigenvalue weighted by Crippen LogP contribution is 2.30. The smallest absolute Gasteiger partial charge is 0.345 e. The summed E-state index contributed by atoms with van der Waals surface area (Å²) in [5.74, 6) is 0.562. The number of carbonyl (C=O) groups is 2. The molecule has 8 heteroatoms. The van der Waals surface area contributed by atoms with Crippen molar-refractivity contribution < 1.29 is 22.8 Å². The summed E-state index contributed by atoms with van der Waals surface area (Å²) in [5.41, 5.74) is 0.719. The van der Waals surface area contributed by atoms with Crippen molar-refractivity contribution >= 4 is 11.8 Å². The number of halogens is 3. The molecule has 2 aromatic rings. The molecule has 0 saturated heterocycles. The number of aromatic nitrogens is 1. The average Bonchev–Trinajstić information content (AvgIpc) is 3.55. The number of unbranched alkanes of at least 4 members (excludes halogenated alkanes) is 1. The van der Waals surface area contributed by atoms with Crippen LogP contribution in [-0.4, -0.2) is 45.8 Å². The number of alkyl halides is 3. The van der Waals surface area contributed by atoms with E-state index >= 15 is 0 Å². The molecule has 37 heavy (non-hydrogen) atoms. The molecule has 1 aromatic carbocycles. The van der Waals surface area contributed by atoms with Gasteiger partial charge in [-0.05, 0) is 55.5 Å². The van der Waals surface area contributed by atoms with Gasteiger partial charge in [0.25, 0.3) is 0 Å². The van der Waals surface area contributed by atoms with Gasteiger partial charge < -0.3 is 14.4 Å². The number of nitrogens with zero attached hydrogens (tertiary/aromatic N) is 3. The van der Waals surface area contributed by atoms with Gasteiger partial charge in [-0.25, -0.2) is 0 Å². The Balaban J connectivity index is 1.65. The summed E-state index contributed by atoms with van der Waals surface area (Å²) in [6.07, 6.45) is 5.46. The SMILES string of the molecule is CCCCN(Cc1cccn1Cc1cccc(C(F)(F)F)c1)C(=O)CN(CC)C(=O)CCC1CCCC1. The fourth-order valence-electron chi connectivity index (χ4n) is 5.05. The van der Waals surface area contributed by atoms with Crippen molar-refractivity contribution in [2.75, 3.05) is 19.6 Å². The number of hydrogen-bond acceptors (Lipinski definition) is 2. The van der Waals surface area contributed by atoms with Gasteiger partial charge in [0.15, 0.2) is 0 Å². The van der Waals surface area contributed by atoms with E-state index in [1.807, 2.05) is 29.8 Å². The third-order valence-corrected chi connectivity index (χ3v) is 7.32. The van der Waals surface area contributed by atoms with Crippen LogP contribution in [0.3, 0.4) is 0 Å². The molecule has 0 aliphatic heterocycles. The highest BCUT2D eigenvalue weighted by Gasteiger charge is 2.30. The van der Waals surface area contributed by atoms with E-state index in [1.165, 1.54) is 37.8 Å². The minimum Gasteiger partial charge on any atom is -0.345 e. The van der Waals surface area contributed by atoms with Gasteiger partial charge in [0.05, 0.1) is 18.7 Å². The Morgan fingerprint density at radius 1 is 1.03 bits per heavy atom. The maximum absolute atomic E-state index is 13.3. The molecule has 0 spiro atoms. The van der Waals surface area contributed by atoms with E-state index < -0.39 is 11.7 Å². The van der Waals surface area contributed by atoms with E-state index in [1.54, 1.807) is 15.9 Å². The summed E-state index contributed by atoms with van der Waals surface area (Å²) in [7, 11) is 0. The first-order valence-corrected chi connectivity index (χ1v) is 13.6. The maximum atomic E-state index is 13.3. The van der Waals surface area contributed by atoms with Crippen LogP contribution in [0.25, 0.3) is 0 Å². The number of benzene rings is 1. The van der Waals surface area contributed by atoms with Gasteiger partial charge in [-0.1, -0.05) is 51.2 Å². The predicted octanol–water partition coefficient (Wildman–Crippen LogP) is 6.50. The number of amides is 2. The molecule has 2 amide bonds. The topological polar surface area (TPSA) is 45.6 Å². The monoisotopic (exact) mass is 519 g/mol. The zero-order valence-corrected chi connectivity index (χ0v) is 22.1. The van der Waals surface area contributed by atoms with Crippen LogP contribution in [0.4, 0.5) is 13.2 Å². The first kappa shape index (κ1) is 28.8. The predicted molar refractivity (Wildman–Crippen MR) is 139 cm³/mol. The normalized spacial score (nSPS) is 14.2. The van der Waals surface area contributed by atoms with E-state index in [9.17, 15) is 22.8 Å². The van der Waals surface area contributed by atoms with Gasteiger partial charge in [-0.2, -0.15) is 13.2 Å². The molecule has 5 nitrogen and oxygen atoms in total. The Kier molecular flexibility index (Phi) is 10.6. The quantitative estimate of drug-likeness (QED) is 0.303. The van der Waals surface area contributed by atoms with Gasteiger partial charge in [-0.3, -0.25) is 9.59 Å². The van der Waals surface area contributed by atoms with Crippen molar-refractivity contribution in [2.45, 2.75) is 84.5 Å². The lowest BCUT2D eigenvalue weighted by Crippen LogP contribution is -2.43. The minimum atomic E-state index is -4.39. The third-order valence-electron chi connectivity index (χ3n) is 7.32. The van der Waals surface area contributed by atoms with Gasteiger partial charge in [0, 0.05) is 37.9 Å². The lowest BCUT2D eigenvalue weighted by Gasteiger charge is -2.28. The molecule has 0 atom stereocenters. The second kappa shape index (κ2) is 13.7. The molecule has 1 aromatic heterocycles. The largest absolute Gasteiger partial charge is 0.416 e. The van der Waals surface area contributed by atoms with E-state index in [4.69, 9.17) is 0 Å². The number of carbonyl (C=O) groups excluding carboxylic acids is 2. The highest BCUT2D eigenvalue weighted by molar-refractivity contribution is 5.84. The second-order valence-corrected chi connectivity index (χ2v) is 10.1. The molecule has 1 aliphatic carbocycles. The molecule has 0 bridgehead atoms. The molecule has 1 saturated carbocycles.